The SMILES string of the molecule is N#Cc1ncc(-c2ccccc2C(F)(F)F)[nH]1. The molecule has 0 amide bonds. The first kappa shape index (κ1) is 11.2. The Balaban J connectivity index is 2.56. The van der Waals surface area contributed by atoms with E-state index in [1.54, 1.807) is 6.07 Å². The van der Waals surface area contributed by atoms with Gasteiger partial charge in [-0.25, -0.2) is 4.98 Å². The summed E-state index contributed by atoms with van der Waals surface area (Å²) in [5, 5.41) is 8.56. The van der Waals surface area contributed by atoms with Crippen molar-refractivity contribution in [1.29, 1.82) is 5.26 Å². The molecule has 0 radical (unpaired) electrons. The highest BCUT2D eigenvalue weighted by Gasteiger charge is 2.33. The van der Waals surface area contributed by atoms with Gasteiger partial charge < -0.3 is 4.98 Å². The lowest BCUT2D eigenvalue weighted by Gasteiger charge is -2.10. The number of H-pyrrole nitrogens is 1. The van der Waals surface area contributed by atoms with Crippen LogP contribution in [0.5, 0.6) is 0 Å². The minimum Gasteiger partial charge on any atom is -0.329 e. The molecule has 2 rings (SSSR count). The van der Waals surface area contributed by atoms with Crippen LogP contribution in [0.2, 0.25) is 0 Å². The summed E-state index contributed by atoms with van der Waals surface area (Å²) in [6, 6.07) is 6.86. The molecule has 3 nitrogen and oxygen atoms in total. The van der Waals surface area contributed by atoms with E-state index in [9.17, 15) is 13.2 Å². The number of hydrogen-bond donors (Lipinski definition) is 1. The number of halogens is 3. The average molecular weight is 237 g/mol. The summed E-state index contributed by atoms with van der Waals surface area (Å²) in [6.07, 6.45) is -3.22. The second-order valence-electron chi connectivity index (χ2n) is 3.30. The quantitative estimate of drug-likeness (QED) is 0.828. The number of imidazole rings is 1. The largest absolute Gasteiger partial charge is 0.417 e. The van der Waals surface area contributed by atoms with Crippen molar-refractivity contribution in [2.75, 3.05) is 0 Å². The van der Waals surface area contributed by atoms with Crippen LogP contribution in [0.4, 0.5) is 13.2 Å². The highest BCUT2D eigenvalue weighted by Crippen LogP contribution is 2.36. The van der Waals surface area contributed by atoms with Crippen molar-refractivity contribution in [3.8, 4) is 17.3 Å². The average Bonchev–Trinajstić information content (AvgIpc) is 2.76. The molecule has 0 bridgehead atoms. The third-order valence-electron chi connectivity index (χ3n) is 2.20. The van der Waals surface area contributed by atoms with E-state index >= 15 is 0 Å². The Morgan fingerprint density at radius 3 is 2.53 bits per heavy atom. The third kappa shape index (κ3) is 2.13. The molecule has 86 valence electrons. The van der Waals surface area contributed by atoms with E-state index in [0.717, 1.165) is 6.07 Å². The molecule has 0 fully saturated rings. The van der Waals surface area contributed by atoms with Crippen molar-refractivity contribution in [3.05, 3.63) is 41.9 Å². The fraction of sp³-hybridized carbons (Fsp3) is 0.0909. The van der Waals surface area contributed by atoms with Gasteiger partial charge in [0.15, 0.2) is 0 Å². The van der Waals surface area contributed by atoms with Gasteiger partial charge in [-0.3, -0.25) is 0 Å². The molecule has 6 heteroatoms. The second-order valence-corrected chi connectivity index (χ2v) is 3.30. The summed E-state index contributed by atoms with van der Waals surface area (Å²) in [5.41, 5.74) is -0.600. The predicted octanol–water partition coefficient (Wildman–Crippen LogP) is 2.97. The fourth-order valence-electron chi connectivity index (χ4n) is 1.48. The highest BCUT2D eigenvalue weighted by molar-refractivity contribution is 5.64. The molecule has 0 unspecified atom stereocenters. The molecule has 17 heavy (non-hydrogen) atoms. The van der Waals surface area contributed by atoms with Crippen molar-refractivity contribution < 1.29 is 13.2 Å². The van der Waals surface area contributed by atoms with Crippen LogP contribution >= 0.6 is 0 Å². The number of alkyl halides is 3. The normalized spacial score (nSPS) is 11.2. The van der Waals surface area contributed by atoms with Crippen molar-refractivity contribution in [1.82, 2.24) is 9.97 Å². The summed E-state index contributed by atoms with van der Waals surface area (Å²) >= 11 is 0. The lowest BCUT2D eigenvalue weighted by Crippen LogP contribution is -2.06. The number of rotatable bonds is 1. The first-order valence-electron chi connectivity index (χ1n) is 4.64. The van der Waals surface area contributed by atoms with Gasteiger partial charge in [-0.1, -0.05) is 18.2 Å². The molecule has 0 spiro atoms. The van der Waals surface area contributed by atoms with Crippen LogP contribution in [0, 0.1) is 11.3 Å². The first-order chi connectivity index (χ1) is 8.02. The summed E-state index contributed by atoms with van der Waals surface area (Å²) in [6.45, 7) is 0. The number of nitrogens with zero attached hydrogens (tertiary/aromatic N) is 2. The molecule has 1 aromatic carbocycles. The van der Waals surface area contributed by atoms with Crippen molar-refractivity contribution >= 4 is 0 Å². The van der Waals surface area contributed by atoms with Gasteiger partial charge in [0.1, 0.15) is 6.07 Å². The van der Waals surface area contributed by atoms with E-state index in [-0.39, 0.29) is 17.1 Å². The second kappa shape index (κ2) is 3.94. The van der Waals surface area contributed by atoms with Gasteiger partial charge in [0, 0.05) is 5.56 Å². The zero-order valence-electron chi connectivity index (χ0n) is 8.42. The molecule has 1 aromatic heterocycles. The molecule has 0 aliphatic rings. The van der Waals surface area contributed by atoms with Gasteiger partial charge in [0.2, 0.25) is 5.82 Å². The molecule has 0 saturated heterocycles. The van der Waals surface area contributed by atoms with Gasteiger partial charge in [-0.2, -0.15) is 18.4 Å². The number of aromatic amines is 1. The van der Waals surface area contributed by atoms with Crippen LogP contribution in [-0.2, 0) is 6.18 Å². The van der Waals surface area contributed by atoms with E-state index in [0.29, 0.717) is 0 Å². The Morgan fingerprint density at radius 1 is 1.24 bits per heavy atom. The Morgan fingerprint density at radius 2 is 1.94 bits per heavy atom. The lowest BCUT2D eigenvalue weighted by atomic mass is 10.1. The van der Waals surface area contributed by atoms with Crippen LogP contribution in [0.25, 0.3) is 11.3 Å². The topological polar surface area (TPSA) is 52.5 Å². The van der Waals surface area contributed by atoms with Crippen LogP contribution in [-0.4, -0.2) is 9.97 Å². The van der Waals surface area contributed by atoms with E-state index < -0.39 is 11.7 Å². The minimum atomic E-state index is -4.44. The summed E-state index contributed by atoms with van der Waals surface area (Å²) in [4.78, 5) is 6.17. The highest BCUT2D eigenvalue weighted by atomic mass is 19.4. The summed E-state index contributed by atoms with van der Waals surface area (Å²) in [5.74, 6) is -0.0167. The number of hydrogen-bond acceptors (Lipinski definition) is 2. The van der Waals surface area contributed by atoms with Crippen molar-refractivity contribution in [3.63, 3.8) is 0 Å². The number of benzene rings is 1. The zero-order valence-corrected chi connectivity index (χ0v) is 8.42. The first-order valence-corrected chi connectivity index (χ1v) is 4.64. The Kier molecular flexibility index (Phi) is 2.60. The Bertz CT molecular complexity index is 578. The predicted molar refractivity (Wildman–Crippen MR) is 53.7 cm³/mol. The van der Waals surface area contributed by atoms with Crippen molar-refractivity contribution in [2.24, 2.45) is 0 Å². The lowest BCUT2D eigenvalue weighted by molar-refractivity contribution is -0.137. The number of nitrogens with one attached hydrogen (secondary N) is 1. The zero-order chi connectivity index (χ0) is 12.5. The third-order valence-corrected chi connectivity index (χ3v) is 2.20. The van der Waals surface area contributed by atoms with Crippen LogP contribution < -0.4 is 0 Å². The molecule has 2 aromatic rings. The van der Waals surface area contributed by atoms with E-state index in [1.165, 1.54) is 24.4 Å². The molecular weight excluding hydrogens is 231 g/mol. The van der Waals surface area contributed by atoms with E-state index in [2.05, 4.69) is 9.97 Å². The van der Waals surface area contributed by atoms with Crippen LogP contribution in [0.15, 0.2) is 30.5 Å². The molecular formula is C11H6F3N3. The molecule has 0 saturated carbocycles. The smallest absolute Gasteiger partial charge is 0.329 e. The molecule has 0 aliphatic carbocycles. The van der Waals surface area contributed by atoms with Crippen LogP contribution in [0.1, 0.15) is 11.4 Å². The van der Waals surface area contributed by atoms with Gasteiger partial charge in [0.05, 0.1) is 17.5 Å². The maximum atomic E-state index is 12.7. The molecule has 0 atom stereocenters. The minimum absolute atomic E-state index is 0.0167. The molecule has 0 aliphatic heterocycles. The van der Waals surface area contributed by atoms with E-state index in [4.69, 9.17) is 5.26 Å². The summed E-state index contributed by atoms with van der Waals surface area (Å²) < 4.78 is 38.2. The van der Waals surface area contributed by atoms with Gasteiger partial charge in [0.25, 0.3) is 0 Å². The number of nitriles is 1. The maximum absolute atomic E-state index is 12.7. The Hall–Kier alpha value is -2.29. The van der Waals surface area contributed by atoms with Gasteiger partial charge >= 0.3 is 6.18 Å². The molecule has 1 N–H and O–H groups in total. The number of aromatic nitrogens is 2. The van der Waals surface area contributed by atoms with Crippen molar-refractivity contribution in [2.45, 2.75) is 6.18 Å². The monoisotopic (exact) mass is 237 g/mol. The Labute approximate surface area is 94.5 Å². The van der Waals surface area contributed by atoms with Crippen LogP contribution in [0.3, 0.4) is 0 Å². The van der Waals surface area contributed by atoms with Gasteiger partial charge in [-0.15, -0.1) is 0 Å². The maximum Gasteiger partial charge on any atom is 0.417 e. The molecule has 1 heterocycles. The standard InChI is InChI=1S/C11H6F3N3/c12-11(13,14)8-4-2-1-3-7(8)9-6-16-10(5-15)17-9/h1-4,6H,(H,16,17). The van der Waals surface area contributed by atoms with Gasteiger partial charge in [-0.05, 0) is 6.07 Å². The fourth-order valence-corrected chi connectivity index (χ4v) is 1.48. The summed E-state index contributed by atoms with van der Waals surface area (Å²) in [7, 11) is 0. The van der Waals surface area contributed by atoms with E-state index in [1.807, 2.05) is 0 Å².